The van der Waals surface area contributed by atoms with Crippen molar-refractivity contribution in [2.45, 2.75) is 39.2 Å². The number of hydrogen-bond donors (Lipinski definition) is 0. The average molecular weight is 390 g/mol. The van der Waals surface area contributed by atoms with Crippen molar-refractivity contribution in [2.75, 3.05) is 11.4 Å². The van der Waals surface area contributed by atoms with Crippen LogP contribution < -0.4 is 4.90 Å². The summed E-state index contributed by atoms with van der Waals surface area (Å²) in [6.45, 7) is 9.93. The highest BCUT2D eigenvalue weighted by Crippen LogP contribution is 2.28. The van der Waals surface area contributed by atoms with Crippen LogP contribution in [0.25, 0.3) is 0 Å². The Morgan fingerprint density at radius 1 is 1.17 bits per heavy atom. The number of amides is 3. The van der Waals surface area contributed by atoms with Crippen molar-refractivity contribution in [1.82, 2.24) is 4.90 Å². The smallest absolute Gasteiger partial charge is 0.257 e. The molecule has 0 aromatic heterocycles. The molecule has 29 heavy (non-hydrogen) atoms. The SMILES string of the molecule is C=CCN(C(=O)c1ccccc1C)C1CC(=O)N(c2ccc(C(C)C)cc2)C1=O. The molecule has 1 aliphatic heterocycles. The van der Waals surface area contributed by atoms with E-state index < -0.39 is 6.04 Å². The van der Waals surface area contributed by atoms with Gasteiger partial charge in [0, 0.05) is 12.1 Å². The Morgan fingerprint density at radius 3 is 2.41 bits per heavy atom. The maximum atomic E-state index is 13.2. The molecule has 5 nitrogen and oxygen atoms in total. The number of anilines is 1. The molecular formula is C24H26N2O3. The quantitative estimate of drug-likeness (QED) is 0.552. The van der Waals surface area contributed by atoms with Crippen LogP contribution in [0.15, 0.2) is 61.2 Å². The van der Waals surface area contributed by atoms with Gasteiger partial charge in [-0.3, -0.25) is 14.4 Å². The molecule has 0 N–H and O–H groups in total. The molecular weight excluding hydrogens is 364 g/mol. The third-order valence-electron chi connectivity index (χ3n) is 5.28. The molecule has 1 atom stereocenters. The zero-order valence-corrected chi connectivity index (χ0v) is 17.1. The summed E-state index contributed by atoms with van der Waals surface area (Å²) in [4.78, 5) is 41.6. The Labute approximate surface area is 171 Å². The normalized spacial score (nSPS) is 16.4. The first kappa shape index (κ1) is 20.5. The molecule has 1 heterocycles. The Bertz CT molecular complexity index is 947. The van der Waals surface area contributed by atoms with Gasteiger partial charge < -0.3 is 4.90 Å². The summed E-state index contributed by atoms with van der Waals surface area (Å²) in [5.41, 5.74) is 3.01. The summed E-state index contributed by atoms with van der Waals surface area (Å²) < 4.78 is 0. The first-order valence-corrected chi connectivity index (χ1v) is 9.79. The van der Waals surface area contributed by atoms with E-state index in [4.69, 9.17) is 0 Å². The molecule has 0 spiro atoms. The lowest BCUT2D eigenvalue weighted by molar-refractivity contribution is -0.122. The maximum Gasteiger partial charge on any atom is 0.257 e. The van der Waals surface area contributed by atoms with Crippen LogP contribution >= 0.6 is 0 Å². The van der Waals surface area contributed by atoms with E-state index >= 15 is 0 Å². The second-order valence-corrected chi connectivity index (χ2v) is 7.59. The molecule has 2 aromatic rings. The van der Waals surface area contributed by atoms with Gasteiger partial charge in [0.25, 0.3) is 11.8 Å². The predicted molar refractivity (Wildman–Crippen MR) is 114 cm³/mol. The summed E-state index contributed by atoms with van der Waals surface area (Å²) in [6.07, 6.45) is 1.55. The number of aryl methyl sites for hydroxylation is 1. The lowest BCUT2D eigenvalue weighted by atomic mass is 10.0. The van der Waals surface area contributed by atoms with E-state index in [0.717, 1.165) is 11.1 Å². The largest absolute Gasteiger partial charge is 0.322 e. The summed E-state index contributed by atoms with van der Waals surface area (Å²) in [5, 5.41) is 0. The van der Waals surface area contributed by atoms with Crippen molar-refractivity contribution in [2.24, 2.45) is 0 Å². The summed E-state index contributed by atoms with van der Waals surface area (Å²) in [7, 11) is 0. The molecule has 2 aromatic carbocycles. The first-order chi connectivity index (χ1) is 13.8. The lowest BCUT2D eigenvalue weighted by Gasteiger charge is -2.27. The van der Waals surface area contributed by atoms with Crippen LogP contribution in [0.1, 0.15) is 47.7 Å². The van der Waals surface area contributed by atoms with E-state index in [2.05, 4.69) is 20.4 Å². The van der Waals surface area contributed by atoms with Crippen LogP contribution in [-0.2, 0) is 9.59 Å². The van der Waals surface area contributed by atoms with Crippen molar-refractivity contribution < 1.29 is 14.4 Å². The third-order valence-corrected chi connectivity index (χ3v) is 5.28. The van der Waals surface area contributed by atoms with E-state index in [0.29, 0.717) is 17.2 Å². The van der Waals surface area contributed by atoms with Crippen molar-refractivity contribution in [1.29, 1.82) is 0 Å². The Morgan fingerprint density at radius 2 is 1.83 bits per heavy atom. The zero-order valence-electron chi connectivity index (χ0n) is 17.1. The fraction of sp³-hybridized carbons (Fsp3) is 0.292. The van der Waals surface area contributed by atoms with Gasteiger partial charge in [-0.05, 0) is 42.2 Å². The van der Waals surface area contributed by atoms with E-state index in [1.807, 2.05) is 31.2 Å². The molecule has 0 bridgehead atoms. The highest BCUT2D eigenvalue weighted by atomic mass is 16.2. The number of imide groups is 1. The molecule has 1 aliphatic rings. The number of rotatable bonds is 6. The highest BCUT2D eigenvalue weighted by molar-refractivity contribution is 6.23. The second-order valence-electron chi connectivity index (χ2n) is 7.59. The average Bonchev–Trinajstić information content (AvgIpc) is 3.00. The monoisotopic (exact) mass is 390 g/mol. The van der Waals surface area contributed by atoms with E-state index in [1.165, 1.54) is 9.80 Å². The molecule has 1 saturated heterocycles. The van der Waals surface area contributed by atoms with Gasteiger partial charge in [-0.1, -0.05) is 50.3 Å². The molecule has 3 rings (SSSR count). The Hall–Kier alpha value is -3.21. The minimum atomic E-state index is -0.836. The fourth-order valence-corrected chi connectivity index (χ4v) is 3.60. The van der Waals surface area contributed by atoms with E-state index in [1.54, 1.807) is 30.3 Å². The number of carbonyl (C=O) groups excluding carboxylic acids is 3. The number of hydrogen-bond acceptors (Lipinski definition) is 3. The molecule has 0 radical (unpaired) electrons. The predicted octanol–water partition coefficient (Wildman–Crippen LogP) is 4.08. The Balaban J connectivity index is 1.90. The molecule has 0 saturated carbocycles. The third kappa shape index (κ3) is 3.99. The van der Waals surface area contributed by atoms with Crippen molar-refractivity contribution in [3.63, 3.8) is 0 Å². The molecule has 1 unspecified atom stereocenters. The van der Waals surface area contributed by atoms with Gasteiger partial charge in [0.15, 0.2) is 0 Å². The van der Waals surface area contributed by atoms with Crippen LogP contribution in [0.5, 0.6) is 0 Å². The topological polar surface area (TPSA) is 57.7 Å². The van der Waals surface area contributed by atoms with Crippen molar-refractivity contribution >= 4 is 23.4 Å². The summed E-state index contributed by atoms with van der Waals surface area (Å²) >= 11 is 0. The molecule has 0 aliphatic carbocycles. The minimum Gasteiger partial charge on any atom is -0.322 e. The van der Waals surface area contributed by atoms with Crippen molar-refractivity contribution in [3.8, 4) is 0 Å². The van der Waals surface area contributed by atoms with Gasteiger partial charge in [0.05, 0.1) is 12.1 Å². The van der Waals surface area contributed by atoms with Gasteiger partial charge in [-0.15, -0.1) is 6.58 Å². The van der Waals surface area contributed by atoms with E-state index in [-0.39, 0.29) is 30.7 Å². The van der Waals surface area contributed by atoms with Crippen LogP contribution in [0, 0.1) is 6.92 Å². The van der Waals surface area contributed by atoms with Crippen LogP contribution in [0.3, 0.4) is 0 Å². The number of carbonyl (C=O) groups is 3. The van der Waals surface area contributed by atoms with Crippen LogP contribution in [0.4, 0.5) is 5.69 Å². The van der Waals surface area contributed by atoms with Gasteiger partial charge in [-0.25, -0.2) is 4.90 Å². The van der Waals surface area contributed by atoms with Crippen LogP contribution in [0.2, 0.25) is 0 Å². The first-order valence-electron chi connectivity index (χ1n) is 9.79. The van der Waals surface area contributed by atoms with E-state index in [9.17, 15) is 14.4 Å². The Kier molecular flexibility index (Phi) is 5.97. The van der Waals surface area contributed by atoms with Gasteiger partial charge >= 0.3 is 0 Å². The molecule has 5 heteroatoms. The second kappa shape index (κ2) is 8.43. The summed E-state index contributed by atoms with van der Waals surface area (Å²) in [6, 6.07) is 13.8. The molecule has 150 valence electrons. The number of nitrogens with zero attached hydrogens (tertiary/aromatic N) is 2. The summed E-state index contributed by atoms with van der Waals surface area (Å²) in [5.74, 6) is -0.595. The van der Waals surface area contributed by atoms with Gasteiger partial charge in [0.2, 0.25) is 5.91 Å². The van der Waals surface area contributed by atoms with Crippen LogP contribution in [-0.4, -0.2) is 35.2 Å². The van der Waals surface area contributed by atoms with Gasteiger partial charge in [0.1, 0.15) is 6.04 Å². The van der Waals surface area contributed by atoms with Gasteiger partial charge in [-0.2, -0.15) is 0 Å². The minimum absolute atomic E-state index is 0.0315. The highest BCUT2D eigenvalue weighted by Gasteiger charge is 2.44. The lowest BCUT2D eigenvalue weighted by Crippen LogP contribution is -2.45. The van der Waals surface area contributed by atoms with Crippen molar-refractivity contribution in [3.05, 3.63) is 77.9 Å². The molecule has 1 fully saturated rings. The standard InChI is InChI=1S/C24H26N2O3/c1-5-14-25(23(28)20-9-7-6-8-17(20)4)21-15-22(27)26(24(21)29)19-12-10-18(11-13-19)16(2)3/h5-13,16,21H,1,14-15H2,2-4H3. The maximum absolute atomic E-state index is 13.2. The molecule has 3 amide bonds. The zero-order chi connectivity index (χ0) is 21.1. The number of benzene rings is 2. The fourth-order valence-electron chi connectivity index (χ4n) is 3.60.